The summed E-state index contributed by atoms with van der Waals surface area (Å²) < 4.78 is 1.85. The van der Waals surface area contributed by atoms with Crippen LogP contribution in [-0.2, 0) is 16.6 Å². The van der Waals surface area contributed by atoms with Crippen LogP contribution in [0.5, 0.6) is 0 Å². The van der Waals surface area contributed by atoms with Gasteiger partial charge < -0.3 is 9.30 Å². The molecule has 4 nitrogen and oxygen atoms in total. The Bertz CT molecular complexity index is 1030. The number of carbonyl (C=O) groups is 1. The van der Waals surface area contributed by atoms with E-state index >= 15 is 0 Å². The molecule has 0 saturated carbocycles. The molecule has 3 rings (SSSR count). The van der Waals surface area contributed by atoms with Crippen LogP contribution in [0.1, 0.15) is 45.9 Å². The van der Waals surface area contributed by atoms with Gasteiger partial charge in [-0.2, -0.15) is 0 Å². The molecule has 0 atom stereocenters. The highest BCUT2D eigenvalue weighted by Crippen LogP contribution is 2.32. The van der Waals surface area contributed by atoms with E-state index in [0.717, 1.165) is 17.0 Å². The third-order valence-corrected chi connectivity index (χ3v) is 5.68. The molecule has 0 fully saturated rings. The van der Waals surface area contributed by atoms with Gasteiger partial charge in [-0.25, -0.2) is 4.98 Å². The fourth-order valence-electron chi connectivity index (χ4n) is 3.48. The SMILES string of the molecule is CCN(CC)C(=O)Cc1c(-c2ccc(C(C)(C)C)cc2)nc2c(Cl)cc(Cl)cn12. The highest BCUT2D eigenvalue weighted by atomic mass is 35.5. The molecule has 2 aromatic heterocycles. The summed E-state index contributed by atoms with van der Waals surface area (Å²) in [5.41, 5.74) is 4.42. The van der Waals surface area contributed by atoms with Crippen LogP contribution in [0.3, 0.4) is 0 Å². The van der Waals surface area contributed by atoms with Crippen molar-refractivity contribution in [3.63, 3.8) is 0 Å². The van der Waals surface area contributed by atoms with Gasteiger partial charge in [0.15, 0.2) is 5.65 Å². The number of fused-ring (bicyclic) bond motifs is 1. The smallest absolute Gasteiger partial charge is 0.228 e. The second-order valence-electron chi connectivity index (χ2n) is 8.18. The maximum atomic E-state index is 12.9. The molecule has 0 N–H and O–H groups in total. The number of nitrogens with zero attached hydrogens (tertiary/aromatic N) is 3. The summed E-state index contributed by atoms with van der Waals surface area (Å²) in [5.74, 6) is 0.0560. The van der Waals surface area contributed by atoms with E-state index in [2.05, 4.69) is 45.0 Å². The Balaban J connectivity index is 2.15. The molecule has 154 valence electrons. The van der Waals surface area contributed by atoms with Crippen molar-refractivity contribution in [1.82, 2.24) is 14.3 Å². The molecule has 1 aromatic carbocycles. The lowest BCUT2D eigenvalue weighted by Crippen LogP contribution is -2.32. The Labute approximate surface area is 182 Å². The van der Waals surface area contributed by atoms with Gasteiger partial charge >= 0.3 is 0 Å². The fraction of sp³-hybridized carbons (Fsp3) is 0.391. The van der Waals surface area contributed by atoms with Crippen LogP contribution in [0, 0.1) is 0 Å². The van der Waals surface area contributed by atoms with Crippen LogP contribution in [-0.4, -0.2) is 33.3 Å². The van der Waals surface area contributed by atoms with Crippen molar-refractivity contribution < 1.29 is 4.79 Å². The van der Waals surface area contributed by atoms with Crippen LogP contribution in [0.15, 0.2) is 36.5 Å². The molecule has 0 aliphatic heterocycles. The predicted octanol–water partition coefficient (Wildman–Crippen LogP) is 6.02. The maximum Gasteiger partial charge on any atom is 0.228 e. The lowest BCUT2D eigenvalue weighted by atomic mass is 9.86. The van der Waals surface area contributed by atoms with E-state index < -0.39 is 0 Å². The molecule has 29 heavy (non-hydrogen) atoms. The van der Waals surface area contributed by atoms with Gasteiger partial charge in [0.1, 0.15) is 0 Å². The number of rotatable bonds is 5. The predicted molar refractivity (Wildman–Crippen MR) is 121 cm³/mol. The highest BCUT2D eigenvalue weighted by Gasteiger charge is 2.22. The molecule has 0 saturated heterocycles. The summed E-state index contributed by atoms with van der Waals surface area (Å²) in [6, 6.07) is 10.0. The zero-order valence-corrected chi connectivity index (χ0v) is 19.1. The summed E-state index contributed by atoms with van der Waals surface area (Å²) in [5, 5.41) is 0.970. The van der Waals surface area contributed by atoms with Crippen molar-refractivity contribution in [2.24, 2.45) is 0 Å². The van der Waals surface area contributed by atoms with Gasteiger partial charge in [-0.3, -0.25) is 4.79 Å². The van der Waals surface area contributed by atoms with E-state index in [1.165, 1.54) is 5.56 Å². The lowest BCUT2D eigenvalue weighted by molar-refractivity contribution is -0.130. The largest absolute Gasteiger partial charge is 0.343 e. The average molecular weight is 432 g/mol. The number of imidazole rings is 1. The number of aromatic nitrogens is 2. The van der Waals surface area contributed by atoms with E-state index in [-0.39, 0.29) is 17.7 Å². The van der Waals surface area contributed by atoms with Crippen LogP contribution in [0.25, 0.3) is 16.9 Å². The summed E-state index contributed by atoms with van der Waals surface area (Å²) >= 11 is 12.7. The van der Waals surface area contributed by atoms with Gasteiger partial charge in [0.25, 0.3) is 0 Å². The molecular formula is C23H27Cl2N3O. The first-order valence-corrected chi connectivity index (χ1v) is 10.7. The first-order chi connectivity index (χ1) is 13.7. The second-order valence-corrected chi connectivity index (χ2v) is 9.02. The quantitative estimate of drug-likeness (QED) is 0.495. The van der Waals surface area contributed by atoms with Gasteiger partial charge in [0.05, 0.1) is 27.9 Å². The van der Waals surface area contributed by atoms with Crippen LogP contribution in [0.2, 0.25) is 10.0 Å². The Morgan fingerprint density at radius 3 is 2.28 bits per heavy atom. The van der Waals surface area contributed by atoms with Crippen LogP contribution in [0.4, 0.5) is 0 Å². The minimum Gasteiger partial charge on any atom is -0.343 e. The summed E-state index contributed by atoms with van der Waals surface area (Å²) in [7, 11) is 0. The first kappa shape index (κ1) is 21.7. The van der Waals surface area contributed by atoms with Crippen molar-refractivity contribution in [2.75, 3.05) is 13.1 Å². The summed E-state index contributed by atoms with van der Waals surface area (Å²) in [4.78, 5) is 19.5. The molecule has 1 amide bonds. The van der Waals surface area contributed by atoms with Gasteiger partial charge in [-0.1, -0.05) is 68.2 Å². The Hall–Kier alpha value is -2.04. The lowest BCUT2D eigenvalue weighted by Gasteiger charge is -2.20. The summed E-state index contributed by atoms with van der Waals surface area (Å²) in [6.07, 6.45) is 2.00. The van der Waals surface area contributed by atoms with Gasteiger partial charge in [-0.15, -0.1) is 0 Å². The van der Waals surface area contributed by atoms with Crippen molar-refractivity contribution in [2.45, 2.75) is 46.5 Å². The van der Waals surface area contributed by atoms with Crippen LogP contribution < -0.4 is 0 Å². The monoisotopic (exact) mass is 431 g/mol. The fourth-order valence-corrected chi connectivity index (χ4v) is 3.99. The van der Waals surface area contributed by atoms with Gasteiger partial charge in [0.2, 0.25) is 5.91 Å². The zero-order valence-electron chi connectivity index (χ0n) is 17.6. The third-order valence-electron chi connectivity index (χ3n) is 5.20. The molecule has 2 heterocycles. The van der Waals surface area contributed by atoms with Gasteiger partial charge in [-0.05, 0) is 30.9 Å². The normalized spacial score (nSPS) is 11.8. The molecule has 0 radical (unpaired) electrons. The minimum atomic E-state index is 0.0560. The van der Waals surface area contributed by atoms with E-state index in [9.17, 15) is 4.79 Å². The van der Waals surface area contributed by atoms with Crippen LogP contribution >= 0.6 is 23.2 Å². The van der Waals surface area contributed by atoms with Crippen molar-refractivity contribution >= 4 is 34.8 Å². The van der Waals surface area contributed by atoms with E-state index in [0.29, 0.717) is 28.8 Å². The van der Waals surface area contributed by atoms with Crippen molar-refractivity contribution in [3.05, 3.63) is 57.8 Å². The first-order valence-electron chi connectivity index (χ1n) is 9.90. The van der Waals surface area contributed by atoms with E-state index in [1.807, 2.05) is 23.1 Å². The average Bonchev–Trinajstić information content (AvgIpc) is 3.01. The minimum absolute atomic E-state index is 0.0560. The maximum absolute atomic E-state index is 12.9. The number of hydrogen-bond donors (Lipinski definition) is 0. The van der Waals surface area contributed by atoms with Crippen molar-refractivity contribution in [3.8, 4) is 11.3 Å². The molecule has 6 heteroatoms. The molecule has 0 aliphatic carbocycles. The number of likely N-dealkylation sites (N-methyl/N-ethyl adjacent to an activating group) is 1. The number of carbonyl (C=O) groups excluding carboxylic acids is 1. The number of hydrogen-bond acceptors (Lipinski definition) is 2. The molecule has 0 aliphatic rings. The topological polar surface area (TPSA) is 37.6 Å². The highest BCUT2D eigenvalue weighted by molar-refractivity contribution is 6.36. The molecule has 0 spiro atoms. The standard InChI is InChI=1S/C23H27Cl2N3O/c1-6-27(7-2)20(29)13-19-21(15-8-10-16(11-9-15)23(3,4)5)26-22-18(25)12-17(24)14-28(19)22/h8-12,14H,6-7,13H2,1-5H3. The summed E-state index contributed by atoms with van der Waals surface area (Å²) in [6.45, 7) is 11.9. The third kappa shape index (κ3) is 4.44. The number of benzene rings is 1. The second kappa shape index (κ2) is 8.37. The Kier molecular flexibility index (Phi) is 6.25. The molecule has 0 bridgehead atoms. The number of halogens is 2. The number of pyridine rings is 1. The van der Waals surface area contributed by atoms with E-state index in [4.69, 9.17) is 28.2 Å². The Morgan fingerprint density at radius 2 is 1.72 bits per heavy atom. The molecule has 0 unspecified atom stereocenters. The molecular weight excluding hydrogens is 405 g/mol. The van der Waals surface area contributed by atoms with E-state index in [1.54, 1.807) is 12.3 Å². The van der Waals surface area contributed by atoms with Gasteiger partial charge in [0, 0.05) is 24.8 Å². The van der Waals surface area contributed by atoms with Crippen molar-refractivity contribution in [1.29, 1.82) is 0 Å². The molecule has 3 aromatic rings. The zero-order chi connectivity index (χ0) is 21.3. The number of amides is 1. The Morgan fingerprint density at radius 1 is 1.10 bits per heavy atom.